The summed E-state index contributed by atoms with van der Waals surface area (Å²) in [6.07, 6.45) is 0.826. The van der Waals surface area contributed by atoms with E-state index < -0.39 is 0 Å². The number of nitrogens with zero attached hydrogens (tertiary/aromatic N) is 1. The molecule has 0 amide bonds. The highest BCUT2D eigenvalue weighted by molar-refractivity contribution is 7.09. The molecule has 1 atom stereocenters. The number of aryl methyl sites for hydroxylation is 1. The van der Waals surface area contributed by atoms with Crippen LogP contribution in [0.1, 0.15) is 23.2 Å². The SMILES string of the molecule is Cc1nc(COc2ccccc2CC(C)N)cs1. The fourth-order valence-electron chi connectivity index (χ4n) is 1.79. The van der Waals surface area contributed by atoms with Gasteiger partial charge in [-0.1, -0.05) is 18.2 Å². The van der Waals surface area contributed by atoms with Crippen LogP contribution in [0.5, 0.6) is 5.75 Å². The highest BCUT2D eigenvalue weighted by Gasteiger charge is 2.06. The summed E-state index contributed by atoms with van der Waals surface area (Å²) in [6.45, 7) is 4.51. The van der Waals surface area contributed by atoms with Gasteiger partial charge >= 0.3 is 0 Å². The molecule has 2 aromatic rings. The van der Waals surface area contributed by atoms with Crippen molar-refractivity contribution in [2.24, 2.45) is 5.73 Å². The van der Waals surface area contributed by atoms with Gasteiger partial charge in [-0.15, -0.1) is 11.3 Å². The molecule has 0 aliphatic heterocycles. The molecule has 96 valence electrons. The van der Waals surface area contributed by atoms with Gasteiger partial charge in [0.25, 0.3) is 0 Å². The minimum atomic E-state index is 0.135. The predicted octanol–water partition coefficient (Wildman–Crippen LogP) is 2.92. The number of hydrogen-bond acceptors (Lipinski definition) is 4. The van der Waals surface area contributed by atoms with Crippen LogP contribution in [0, 0.1) is 6.92 Å². The fraction of sp³-hybridized carbons (Fsp3) is 0.357. The molecule has 4 heteroatoms. The Hall–Kier alpha value is -1.39. The quantitative estimate of drug-likeness (QED) is 0.901. The van der Waals surface area contributed by atoms with Crippen LogP contribution in [0.25, 0.3) is 0 Å². The molecule has 0 fully saturated rings. The van der Waals surface area contributed by atoms with Crippen molar-refractivity contribution in [2.75, 3.05) is 0 Å². The zero-order chi connectivity index (χ0) is 13.0. The highest BCUT2D eigenvalue weighted by Crippen LogP contribution is 2.21. The lowest BCUT2D eigenvalue weighted by molar-refractivity contribution is 0.298. The van der Waals surface area contributed by atoms with Gasteiger partial charge < -0.3 is 10.5 Å². The molecular formula is C14H18N2OS. The van der Waals surface area contributed by atoms with Crippen LogP contribution in [0.2, 0.25) is 0 Å². The Bertz CT molecular complexity index is 508. The van der Waals surface area contributed by atoms with E-state index in [2.05, 4.69) is 11.1 Å². The standard InChI is InChI=1S/C14H18N2OS/c1-10(15)7-12-5-3-4-6-14(12)17-8-13-9-18-11(2)16-13/h3-6,9-10H,7-8,15H2,1-2H3. The summed E-state index contributed by atoms with van der Waals surface area (Å²) in [4.78, 5) is 4.39. The van der Waals surface area contributed by atoms with Crippen molar-refractivity contribution in [1.82, 2.24) is 4.98 Å². The Morgan fingerprint density at radius 2 is 2.17 bits per heavy atom. The lowest BCUT2D eigenvalue weighted by atomic mass is 10.1. The highest BCUT2D eigenvalue weighted by atomic mass is 32.1. The van der Waals surface area contributed by atoms with Crippen molar-refractivity contribution in [3.05, 3.63) is 45.9 Å². The molecular weight excluding hydrogens is 244 g/mol. The maximum absolute atomic E-state index is 5.84. The molecule has 1 aromatic carbocycles. The van der Waals surface area contributed by atoms with Gasteiger partial charge in [0, 0.05) is 11.4 Å². The third kappa shape index (κ3) is 3.55. The number of thiazole rings is 1. The van der Waals surface area contributed by atoms with Crippen molar-refractivity contribution in [3.8, 4) is 5.75 Å². The van der Waals surface area contributed by atoms with E-state index in [1.807, 2.05) is 37.4 Å². The van der Waals surface area contributed by atoms with Gasteiger partial charge in [0.2, 0.25) is 0 Å². The number of aromatic nitrogens is 1. The van der Waals surface area contributed by atoms with E-state index in [1.54, 1.807) is 11.3 Å². The van der Waals surface area contributed by atoms with Gasteiger partial charge in [0.05, 0.1) is 10.7 Å². The Kier molecular flexibility index (Phi) is 4.33. The van der Waals surface area contributed by atoms with Crippen LogP contribution in [-0.4, -0.2) is 11.0 Å². The molecule has 0 aliphatic carbocycles. The summed E-state index contributed by atoms with van der Waals surface area (Å²) in [5.41, 5.74) is 7.97. The van der Waals surface area contributed by atoms with E-state index in [-0.39, 0.29) is 6.04 Å². The monoisotopic (exact) mass is 262 g/mol. The molecule has 0 saturated carbocycles. The Balaban J connectivity index is 2.04. The zero-order valence-electron chi connectivity index (χ0n) is 10.7. The molecule has 0 radical (unpaired) electrons. The van der Waals surface area contributed by atoms with E-state index in [4.69, 9.17) is 10.5 Å². The third-order valence-electron chi connectivity index (χ3n) is 2.56. The van der Waals surface area contributed by atoms with E-state index in [0.29, 0.717) is 6.61 Å². The van der Waals surface area contributed by atoms with Crippen molar-refractivity contribution in [3.63, 3.8) is 0 Å². The van der Waals surface area contributed by atoms with E-state index in [0.717, 1.165) is 28.4 Å². The Morgan fingerprint density at radius 3 is 2.83 bits per heavy atom. The number of nitrogens with two attached hydrogens (primary N) is 1. The minimum Gasteiger partial charge on any atom is -0.487 e. The zero-order valence-corrected chi connectivity index (χ0v) is 11.5. The maximum Gasteiger partial charge on any atom is 0.131 e. The van der Waals surface area contributed by atoms with Gasteiger partial charge in [0.15, 0.2) is 0 Å². The second-order valence-electron chi connectivity index (χ2n) is 4.44. The largest absolute Gasteiger partial charge is 0.487 e. The topological polar surface area (TPSA) is 48.1 Å². The summed E-state index contributed by atoms with van der Waals surface area (Å²) in [7, 11) is 0. The molecule has 1 unspecified atom stereocenters. The van der Waals surface area contributed by atoms with Gasteiger partial charge in [-0.05, 0) is 31.9 Å². The molecule has 0 bridgehead atoms. The van der Waals surface area contributed by atoms with Crippen LogP contribution >= 0.6 is 11.3 Å². The van der Waals surface area contributed by atoms with Crippen molar-refractivity contribution < 1.29 is 4.74 Å². The normalized spacial score (nSPS) is 12.4. The molecule has 1 aromatic heterocycles. The summed E-state index contributed by atoms with van der Waals surface area (Å²) in [6, 6.07) is 8.17. The first-order chi connectivity index (χ1) is 8.65. The number of para-hydroxylation sites is 1. The molecule has 0 saturated heterocycles. The fourth-order valence-corrected chi connectivity index (χ4v) is 2.38. The maximum atomic E-state index is 5.84. The van der Waals surface area contributed by atoms with Crippen molar-refractivity contribution in [1.29, 1.82) is 0 Å². The van der Waals surface area contributed by atoms with Gasteiger partial charge in [0.1, 0.15) is 12.4 Å². The Labute approximate surface area is 112 Å². The number of ether oxygens (including phenoxy) is 1. The first-order valence-electron chi connectivity index (χ1n) is 6.02. The van der Waals surface area contributed by atoms with Gasteiger partial charge in [-0.25, -0.2) is 4.98 Å². The average Bonchev–Trinajstić information content (AvgIpc) is 2.73. The lowest BCUT2D eigenvalue weighted by Gasteiger charge is -2.12. The van der Waals surface area contributed by atoms with Crippen LogP contribution in [0.3, 0.4) is 0 Å². The van der Waals surface area contributed by atoms with E-state index in [9.17, 15) is 0 Å². The molecule has 2 rings (SSSR count). The summed E-state index contributed by atoms with van der Waals surface area (Å²) in [5.74, 6) is 0.903. The second kappa shape index (κ2) is 5.98. The molecule has 0 spiro atoms. The molecule has 18 heavy (non-hydrogen) atoms. The second-order valence-corrected chi connectivity index (χ2v) is 5.50. The third-order valence-corrected chi connectivity index (χ3v) is 3.38. The molecule has 3 nitrogen and oxygen atoms in total. The predicted molar refractivity (Wildman–Crippen MR) is 75.0 cm³/mol. The van der Waals surface area contributed by atoms with Crippen LogP contribution in [0.4, 0.5) is 0 Å². The summed E-state index contributed by atoms with van der Waals surface area (Å²) >= 11 is 1.64. The Morgan fingerprint density at radius 1 is 1.39 bits per heavy atom. The van der Waals surface area contributed by atoms with Crippen LogP contribution in [-0.2, 0) is 13.0 Å². The van der Waals surface area contributed by atoms with E-state index >= 15 is 0 Å². The smallest absolute Gasteiger partial charge is 0.131 e. The minimum absolute atomic E-state index is 0.135. The molecule has 2 N–H and O–H groups in total. The summed E-state index contributed by atoms with van der Waals surface area (Å²) in [5, 5.41) is 3.10. The average molecular weight is 262 g/mol. The number of rotatable bonds is 5. The molecule has 0 aliphatic rings. The van der Waals surface area contributed by atoms with Gasteiger partial charge in [-0.2, -0.15) is 0 Å². The van der Waals surface area contributed by atoms with Gasteiger partial charge in [-0.3, -0.25) is 0 Å². The van der Waals surface area contributed by atoms with Crippen LogP contribution < -0.4 is 10.5 Å². The first kappa shape index (κ1) is 13.1. The summed E-state index contributed by atoms with van der Waals surface area (Å²) < 4.78 is 5.83. The van der Waals surface area contributed by atoms with Crippen molar-refractivity contribution >= 4 is 11.3 Å². The van der Waals surface area contributed by atoms with E-state index in [1.165, 1.54) is 0 Å². The van der Waals surface area contributed by atoms with Crippen molar-refractivity contribution in [2.45, 2.75) is 32.9 Å². The lowest BCUT2D eigenvalue weighted by Crippen LogP contribution is -2.18. The number of benzene rings is 1. The van der Waals surface area contributed by atoms with Crippen LogP contribution in [0.15, 0.2) is 29.6 Å². The molecule has 1 heterocycles. The number of hydrogen-bond donors (Lipinski definition) is 1. The first-order valence-corrected chi connectivity index (χ1v) is 6.90.